The number of halogens is 3. The molecule has 0 radical (unpaired) electrons. The van der Waals surface area contributed by atoms with Crippen LogP contribution in [-0.4, -0.2) is 15.5 Å². The van der Waals surface area contributed by atoms with Crippen LogP contribution in [0, 0.1) is 0 Å². The maximum atomic E-state index is 11.3. The second-order valence-electron chi connectivity index (χ2n) is 6.56. The summed E-state index contributed by atoms with van der Waals surface area (Å²) >= 11 is 18.5. The van der Waals surface area contributed by atoms with Gasteiger partial charge in [-0.05, 0) is 54.1 Å². The highest BCUT2D eigenvalue weighted by Gasteiger charge is 2.14. The highest BCUT2D eigenvalue weighted by atomic mass is 35.5. The average molecular weight is 502 g/mol. The molecule has 0 spiro atoms. The van der Waals surface area contributed by atoms with Gasteiger partial charge < -0.3 is 14.8 Å². The van der Waals surface area contributed by atoms with E-state index < -0.39 is 10.0 Å². The molecule has 0 bridgehead atoms. The Morgan fingerprint density at radius 3 is 2.29 bits per heavy atom. The van der Waals surface area contributed by atoms with Crippen LogP contribution in [0.4, 0.5) is 5.69 Å². The van der Waals surface area contributed by atoms with Crippen molar-refractivity contribution >= 4 is 50.5 Å². The van der Waals surface area contributed by atoms with Crippen molar-refractivity contribution in [3.8, 4) is 11.5 Å². The molecule has 0 aliphatic heterocycles. The van der Waals surface area contributed by atoms with Crippen LogP contribution in [0.15, 0.2) is 59.5 Å². The van der Waals surface area contributed by atoms with E-state index in [0.29, 0.717) is 33.1 Å². The Hall–Kier alpha value is -2.16. The number of benzene rings is 3. The van der Waals surface area contributed by atoms with E-state index in [4.69, 9.17) is 49.4 Å². The lowest BCUT2D eigenvalue weighted by atomic mass is 10.2. The summed E-state index contributed by atoms with van der Waals surface area (Å²) in [4.78, 5) is 0.0463. The molecule has 3 N–H and O–H groups in total. The number of hydrogen-bond donors (Lipinski definition) is 2. The highest BCUT2D eigenvalue weighted by molar-refractivity contribution is 7.89. The lowest BCUT2D eigenvalue weighted by Gasteiger charge is -2.15. The number of rotatable bonds is 8. The minimum Gasteiger partial charge on any atom is -0.493 e. The monoisotopic (exact) mass is 500 g/mol. The maximum absolute atomic E-state index is 11.3. The third-order valence-electron chi connectivity index (χ3n) is 4.36. The van der Waals surface area contributed by atoms with Crippen molar-refractivity contribution < 1.29 is 17.9 Å². The molecule has 0 atom stereocenters. The summed E-state index contributed by atoms with van der Waals surface area (Å²) in [7, 11) is -2.20. The van der Waals surface area contributed by atoms with E-state index in [1.807, 2.05) is 0 Å². The van der Waals surface area contributed by atoms with Crippen molar-refractivity contribution in [2.45, 2.75) is 18.0 Å². The number of nitrogens with one attached hydrogen (secondary N) is 1. The Kier molecular flexibility index (Phi) is 7.56. The molecular weight excluding hydrogens is 483 g/mol. The Morgan fingerprint density at radius 1 is 0.968 bits per heavy atom. The van der Waals surface area contributed by atoms with Gasteiger partial charge in [-0.2, -0.15) is 0 Å². The first-order chi connectivity index (χ1) is 14.7. The first-order valence-electron chi connectivity index (χ1n) is 8.97. The average Bonchev–Trinajstić information content (AvgIpc) is 2.72. The summed E-state index contributed by atoms with van der Waals surface area (Å²) in [6.45, 7) is 0.619. The van der Waals surface area contributed by atoms with E-state index in [2.05, 4.69) is 5.32 Å². The van der Waals surface area contributed by atoms with Crippen LogP contribution in [0.3, 0.4) is 0 Å². The van der Waals surface area contributed by atoms with Gasteiger partial charge in [-0.15, -0.1) is 0 Å². The Bertz CT molecular complexity index is 1190. The zero-order valence-electron chi connectivity index (χ0n) is 16.4. The van der Waals surface area contributed by atoms with Crippen LogP contribution >= 0.6 is 34.8 Å². The van der Waals surface area contributed by atoms with Gasteiger partial charge in [-0.25, -0.2) is 13.6 Å². The number of hydrogen-bond acceptors (Lipinski definition) is 5. The summed E-state index contributed by atoms with van der Waals surface area (Å²) in [6.07, 6.45) is 0. The first kappa shape index (κ1) is 23.5. The fraction of sp³-hybridized carbons (Fsp3) is 0.143. The van der Waals surface area contributed by atoms with Gasteiger partial charge in [-0.1, -0.05) is 40.9 Å². The fourth-order valence-electron chi connectivity index (χ4n) is 2.77. The van der Waals surface area contributed by atoms with Gasteiger partial charge in [-0.3, -0.25) is 0 Å². The molecule has 31 heavy (non-hydrogen) atoms. The van der Waals surface area contributed by atoms with Crippen LogP contribution in [0.25, 0.3) is 0 Å². The van der Waals surface area contributed by atoms with E-state index in [1.54, 1.807) is 42.5 Å². The number of anilines is 1. The van der Waals surface area contributed by atoms with E-state index in [0.717, 1.165) is 16.8 Å². The van der Waals surface area contributed by atoms with Crippen molar-refractivity contribution in [2.24, 2.45) is 5.14 Å². The van der Waals surface area contributed by atoms with Gasteiger partial charge in [0.15, 0.2) is 11.5 Å². The molecule has 0 aromatic heterocycles. The fourth-order valence-corrected chi connectivity index (χ4v) is 4.04. The third kappa shape index (κ3) is 6.18. The van der Waals surface area contributed by atoms with Crippen LogP contribution in [0.5, 0.6) is 11.5 Å². The van der Waals surface area contributed by atoms with Gasteiger partial charge in [0.1, 0.15) is 6.61 Å². The van der Waals surface area contributed by atoms with Crippen molar-refractivity contribution in [1.29, 1.82) is 0 Å². The molecule has 3 aromatic carbocycles. The molecule has 3 aromatic rings. The number of primary sulfonamides is 1. The van der Waals surface area contributed by atoms with Gasteiger partial charge in [0.05, 0.1) is 17.0 Å². The molecular formula is C21H19Cl3N2O4S. The van der Waals surface area contributed by atoms with Gasteiger partial charge in [0.25, 0.3) is 0 Å². The van der Waals surface area contributed by atoms with Crippen molar-refractivity contribution in [3.63, 3.8) is 0 Å². The lowest BCUT2D eigenvalue weighted by molar-refractivity contribution is 0.284. The SMILES string of the molecule is COc1cc(CNc2ccc(S(N)(=O)=O)cc2)cc(Cl)c1OCc1ccc(Cl)cc1Cl. The number of sulfonamides is 1. The molecule has 6 nitrogen and oxygen atoms in total. The van der Waals surface area contributed by atoms with Gasteiger partial charge >= 0.3 is 0 Å². The number of methoxy groups -OCH3 is 1. The summed E-state index contributed by atoms with van der Waals surface area (Å²) in [5.41, 5.74) is 2.33. The summed E-state index contributed by atoms with van der Waals surface area (Å²) in [5, 5.41) is 9.72. The molecule has 10 heteroatoms. The molecule has 0 amide bonds. The smallest absolute Gasteiger partial charge is 0.238 e. The van der Waals surface area contributed by atoms with Crippen LogP contribution < -0.4 is 19.9 Å². The molecule has 0 fully saturated rings. The van der Waals surface area contributed by atoms with E-state index in [-0.39, 0.29) is 11.5 Å². The third-order valence-corrected chi connectivity index (χ3v) is 6.15. The largest absolute Gasteiger partial charge is 0.493 e. The maximum Gasteiger partial charge on any atom is 0.238 e. The molecule has 3 rings (SSSR count). The van der Waals surface area contributed by atoms with Crippen LogP contribution in [-0.2, 0) is 23.2 Å². The number of ether oxygens (including phenoxy) is 2. The van der Waals surface area contributed by atoms with E-state index in [9.17, 15) is 8.42 Å². The second kappa shape index (κ2) is 9.97. The molecule has 0 aliphatic rings. The normalized spacial score (nSPS) is 11.3. The standard InChI is InChI=1S/C21H19Cl3N2O4S/c1-29-20-9-13(11-26-16-4-6-17(7-5-16)31(25,27)28)8-19(24)21(20)30-12-14-2-3-15(22)10-18(14)23/h2-10,26H,11-12H2,1H3,(H2,25,27,28). The topological polar surface area (TPSA) is 90.6 Å². The lowest BCUT2D eigenvalue weighted by Crippen LogP contribution is -2.12. The molecule has 0 unspecified atom stereocenters. The zero-order chi connectivity index (χ0) is 22.6. The summed E-state index contributed by atoms with van der Waals surface area (Å²) in [5.74, 6) is 0.871. The molecule has 0 aliphatic carbocycles. The van der Waals surface area contributed by atoms with Crippen LogP contribution in [0.2, 0.25) is 15.1 Å². The molecule has 164 valence electrons. The summed E-state index contributed by atoms with van der Waals surface area (Å²) in [6, 6.07) is 14.8. The minimum absolute atomic E-state index is 0.0463. The minimum atomic E-state index is -3.73. The Balaban J connectivity index is 1.71. The van der Waals surface area contributed by atoms with Crippen molar-refractivity contribution in [3.05, 3.63) is 80.8 Å². The Labute approximate surface area is 195 Å². The second-order valence-corrected chi connectivity index (χ2v) is 9.37. The molecule has 0 saturated carbocycles. The Morgan fingerprint density at radius 2 is 1.68 bits per heavy atom. The first-order valence-corrected chi connectivity index (χ1v) is 11.7. The molecule has 0 saturated heterocycles. The predicted octanol–water partition coefficient (Wildman–Crippen LogP) is 5.49. The van der Waals surface area contributed by atoms with Crippen molar-refractivity contribution in [2.75, 3.05) is 12.4 Å². The highest BCUT2D eigenvalue weighted by Crippen LogP contribution is 2.37. The van der Waals surface area contributed by atoms with Gasteiger partial charge in [0, 0.05) is 27.8 Å². The molecule has 0 heterocycles. The van der Waals surface area contributed by atoms with Gasteiger partial charge in [0.2, 0.25) is 10.0 Å². The van der Waals surface area contributed by atoms with Crippen molar-refractivity contribution in [1.82, 2.24) is 0 Å². The van der Waals surface area contributed by atoms with Crippen LogP contribution in [0.1, 0.15) is 11.1 Å². The van der Waals surface area contributed by atoms with E-state index in [1.165, 1.54) is 19.2 Å². The predicted molar refractivity (Wildman–Crippen MR) is 124 cm³/mol. The number of nitrogens with two attached hydrogens (primary N) is 1. The zero-order valence-corrected chi connectivity index (χ0v) is 19.4. The van der Waals surface area contributed by atoms with E-state index >= 15 is 0 Å². The summed E-state index contributed by atoms with van der Waals surface area (Å²) < 4.78 is 34.0. The quantitative estimate of drug-likeness (QED) is 0.426.